The summed E-state index contributed by atoms with van der Waals surface area (Å²) in [4.78, 5) is 9.26. The van der Waals surface area contributed by atoms with Gasteiger partial charge >= 0.3 is 0 Å². The minimum absolute atomic E-state index is 0.149. The first-order valence-corrected chi connectivity index (χ1v) is 9.23. The average Bonchev–Trinajstić information content (AvgIpc) is 3.25. The lowest BCUT2D eigenvalue weighted by Crippen LogP contribution is -2.57. The maximum Gasteiger partial charge on any atom is 0.193 e. The van der Waals surface area contributed by atoms with Crippen LogP contribution in [0.3, 0.4) is 0 Å². The number of rotatable bonds is 4. The smallest absolute Gasteiger partial charge is 0.193 e. The number of aromatic nitrogens is 2. The van der Waals surface area contributed by atoms with Gasteiger partial charge in [0.1, 0.15) is 0 Å². The molecule has 0 spiro atoms. The Hall–Kier alpha value is -1.60. The number of likely N-dealkylation sites (N-methyl/N-ethyl adjacent to an activating group) is 1. The van der Waals surface area contributed by atoms with E-state index in [2.05, 4.69) is 45.5 Å². The van der Waals surface area contributed by atoms with Gasteiger partial charge in [0, 0.05) is 64.6 Å². The van der Waals surface area contributed by atoms with Gasteiger partial charge in [0.05, 0.1) is 6.20 Å². The molecule has 2 aliphatic rings. The van der Waals surface area contributed by atoms with E-state index in [4.69, 9.17) is 4.74 Å². The average molecular weight is 348 g/mol. The van der Waals surface area contributed by atoms with Crippen molar-refractivity contribution in [1.82, 2.24) is 24.9 Å². The summed E-state index contributed by atoms with van der Waals surface area (Å²) in [6.45, 7) is 4.63. The van der Waals surface area contributed by atoms with Crippen LogP contribution >= 0.6 is 0 Å². The number of hydrogen-bond donors (Lipinski definition) is 1. The van der Waals surface area contributed by atoms with Crippen molar-refractivity contribution in [2.75, 3.05) is 54.0 Å². The Morgan fingerprint density at radius 1 is 1.44 bits per heavy atom. The van der Waals surface area contributed by atoms with E-state index in [0.717, 1.165) is 58.1 Å². The zero-order chi connectivity index (χ0) is 17.9. The van der Waals surface area contributed by atoms with Crippen molar-refractivity contribution in [3.8, 4) is 0 Å². The van der Waals surface area contributed by atoms with Gasteiger partial charge in [-0.1, -0.05) is 0 Å². The molecule has 1 unspecified atom stereocenters. The second kappa shape index (κ2) is 7.74. The quantitative estimate of drug-likeness (QED) is 0.647. The Morgan fingerprint density at radius 2 is 2.20 bits per heavy atom. The lowest BCUT2D eigenvalue weighted by atomic mass is 9.88. The largest absolute Gasteiger partial charge is 0.381 e. The molecule has 0 aliphatic carbocycles. The van der Waals surface area contributed by atoms with E-state index in [9.17, 15) is 0 Å². The van der Waals surface area contributed by atoms with Crippen molar-refractivity contribution < 1.29 is 4.74 Å². The molecule has 3 rings (SSSR count). The summed E-state index contributed by atoms with van der Waals surface area (Å²) in [7, 11) is 8.20. The van der Waals surface area contributed by atoms with E-state index in [1.165, 1.54) is 5.56 Å². The van der Waals surface area contributed by atoms with E-state index in [1.807, 2.05) is 25.0 Å². The van der Waals surface area contributed by atoms with E-state index >= 15 is 0 Å². The predicted molar refractivity (Wildman–Crippen MR) is 100.0 cm³/mol. The molecule has 3 heterocycles. The molecule has 0 radical (unpaired) electrons. The molecule has 1 aromatic heterocycles. The molecule has 1 N–H and O–H groups in total. The number of hydrogen-bond acceptors (Lipinski definition) is 4. The van der Waals surface area contributed by atoms with Gasteiger partial charge in [0.15, 0.2) is 5.96 Å². The summed E-state index contributed by atoms with van der Waals surface area (Å²) < 4.78 is 7.46. The van der Waals surface area contributed by atoms with Gasteiger partial charge in [-0.15, -0.1) is 0 Å². The summed E-state index contributed by atoms with van der Waals surface area (Å²) in [5, 5.41) is 7.95. The Morgan fingerprint density at radius 3 is 2.80 bits per heavy atom. The molecule has 1 aromatic rings. The van der Waals surface area contributed by atoms with Gasteiger partial charge < -0.3 is 19.9 Å². The third-order valence-corrected chi connectivity index (χ3v) is 5.84. The molecule has 7 nitrogen and oxygen atoms in total. The highest BCUT2D eigenvalue weighted by atomic mass is 16.5. The fraction of sp³-hybridized carbons (Fsp3) is 0.778. The first kappa shape index (κ1) is 18.2. The van der Waals surface area contributed by atoms with E-state index in [0.29, 0.717) is 5.92 Å². The number of aliphatic imine (C=N–C) groups is 1. The van der Waals surface area contributed by atoms with Crippen LogP contribution in [0, 0.1) is 0 Å². The topological polar surface area (TPSA) is 57.9 Å². The predicted octanol–water partition coefficient (Wildman–Crippen LogP) is 0.896. The number of guanidine groups is 1. The van der Waals surface area contributed by atoms with Gasteiger partial charge in [-0.25, -0.2) is 0 Å². The minimum atomic E-state index is 0.149. The molecule has 140 valence electrons. The molecule has 1 atom stereocenters. The molecule has 0 bridgehead atoms. The number of nitrogens with one attached hydrogen (secondary N) is 1. The van der Waals surface area contributed by atoms with E-state index < -0.39 is 0 Å². The fourth-order valence-corrected chi connectivity index (χ4v) is 3.99. The van der Waals surface area contributed by atoms with E-state index in [1.54, 1.807) is 0 Å². The zero-order valence-corrected chi connectivity index (χ0v) is 16.0. The SMILES string of the molecule is CN=C(NCC1(N(C)C)CCOCC1)N1CCC(c2cnn(C)c2)C1. The molecule has 0 saturated carbocycles. The van der Waals surface area contributed by atoms with Crippen LogP contribution in [0.25, 0.3) is 0 Å². The standard InChI is InChI=1S/C18H32N6O/c1-19-17(20-14-18(22(2)3)6-9-25-10-7-18)24-8-5-15(13-24)16-11-21-23(4)12-16/h11-12,15H,5-10,13-14H2,1-4H3,(H,19,20). The maximum atomic E-state index is 5.57. The van der Waals surface area contributed by atoms with Crippen molar-refractivity contribution in [1.29, 1.82) is 0 Å². The highest BCUT2D eigenvalue weighted by Crippen LogP contribution is 2.28. The van der Waals surface area contributed by atoms with Crippen LogP contribution in [0.4, 0.5) is 0 Å². The van der Waals surface area contributed by atoms with Crippen molar-refractivity contribution in [2.24, 2.45) is 12.0 Å². The van der Waals surface area contributed by atoms with Crippen molar-refractivity contribution in [3.05, 3.63) is 18.0 Å². The summed E-state index contributed by atoms with van der Waals surface area (Å²) >= 11 is 0. The molecule has 2 aliphatic heterocycles. The highest BCUT2D eigenvalue weighted by Gasteiger charge is 2.35. The molecule has 25 heavy (non-hydrogen) atoms. The Bertz CT molecular complexity index is 590. The number of aryl methyl sites for hydroxylation is 1. The Kier molecular flexibility index (Phi) is 5.64. The molecule has 0 amide bonds. The fourth-order valence-electron chi connectivity index (χ4n) is 3.99. The second-order valence-corrected chi connectivity index (χ2v) is 7.51. The summed E-state index contributed by atoms with van der Waals surface area (Å²) in [6.07, 6.45) is 7.39. The molecule has 7 heteroatoms. The molecule has 0 aromatic carbocycles. The van der Waals surface area contributed by atoms with Gasteiger partial charge in [0.25, 0.3) is 0 Å². The van der Waals surface area contributed by atoms with Crippen LogP contribution in [-0.4, -0.2) is 85.1 Å². The van der Waals surface area contributed by atoms with E-state index in [-0.39, 0.29) is 5.54 Å². The lowest BCUT2D eigenvalue weighted by Gasteiger charge is -2.43. The first-order chi connectivity index (χ1) is 12.0. The zero-order valence-electron chi connectivity index (χ0n) is 16.0. The third-order valence-electron chi connectivity index (χ3n) is 5.84. The Labute approximate surface area is 151 Å². The maximum absolute atomic E-state index is 5.57. The van der Waals surface area contributed by atoms with Crippen LogP contribution in [0.1, 0.15) is 30.7 Å². The monoisotopic (exact) mass is 348 g/mol. The van der Waals surface area contributed by atoms with Crippen LogP contribution in [-0.2, 0) is 11.8 Å². The number of nitrogens with zero attached hydrogens (tertiary/aromatic N) is 5. The van der Waals surface area contributed by atoms with Crippen molar-refractivity contribution >= 4 is 5.96 Å². The van der Waals surface area contributed by atoms with Crippen molar-refractivity contribution in [2.45, 2.75) is 30.7 Å². The lowest BCUT2D eigenvalue weighted by molar-refractivity contribution is -0.00521. The summed E-state index contributed by atoms with van der Waals surface area (Å²) in [5.74, 6) is 1.55. The number of likely N-dealkylation sites (tertiary alicyclic amines) is 1. The molecular weight excluding hydrogens is 316 g/mol. The normalized spacial score (nSPS) is 24.1. The third kappa shape index (κ3) is 3.98. The summed E-state index contributed by atoms with van der Waals surface area (Å²) in [5.41, 5.74) is 1.48. The molecular formula is C18H32N6O. The van der Waals surface area contributed by atoms with Crippen molar-refractivity contribution in [3.63, 3.8) is 0 Å². The molecule has 2 fully saturated rings. The summed E-state index contributed by atoms with van der Waals surface area (Å²) in [6, 6.07) is 0. The van der Waals surface area contributed by atoms with Gasteiger partial charge in [-0.3, -0.25) is 9.67 Å². The number of ether oxygens (including phenoxy) is 1. The first-order valence-electron chi connectivity index (χ1n) is 9.23. The molecule has 2 saturated heterocycles. The Balaban J connectivity index is 1.59. The van der Waals surface area contributed by atoms with Gasteiger partial charge in [0.2, 0.25) is 0 Å². The van der Waals surface area contributed by atoms with Gasteiger partial charge in [-0.05, 0) is 38.9 Å². The minimum Gasteiger partial charge on any atom is -0.381 e. The van der Waals surface area contributed by atoms with Gasteiger partial charge in [-0.2, -0.15) is 5.10 Å². The van der Waals surface area contributed by atoms with Crippen LogP contribution < -0.4 is 5.32 Å². The van der Waals surface area contributed by atoms with Crippen LogP contribution in [0.15, 0.2) is 17.4 Å². The van der Waals surface area contributed by atoms with Crippen LogP contribution in [0.5, 0.6) is 0 Å². The van der Waals surface area contributed by atoms with Crippen LogP contribution in [0.2, 0.25) is 0 Å². The second-order valence-electron chi connectivity index (χ2n) is 7.51. The highest BCUT2D eigenvalue weighted by molar-refractivity contribution is 5.80.